The lowest BCUT2D eigenvalue weighted by Crippen LogP contribution is -2.49. The molecule has 1 unspecified atom stereocenters. The van der Waals surface area contributed by atoms with E-state index < -0.39 is 12.0 Å². The largest absolute Gasteiger partial charge is 0.480 e. The second kappa shape index (κ2) is 7.28. The number of rotatable bonds is 4. The van der Waals surface area contributed by atoms with E-state index in [9.17, 15) is 9.90 Å². The van der Waals surface area contributed by atoms with Crippen molar-refractivity contribution in [2.45, 2.75) is 26.8 Å². The highest BCUT2D eigenvalue weighted by atomic mass is 16.4. The quantitative estimate of drug-likeness (QED) is 0.926. The van der Waals surface area contributed by atoms with Gasteiger partial charge in [-0.2, -0.15) is 0 Å². The third kappa shape index (κ3) is 3.85. The highest BCUT2D eigenvalue weighted by Gasteiger charge is 2.30. The lowest BCUT2D eigenvalue weighted by Gasteiger charge is -2.39. The van der Waals surface area contributed by atoms with E-state index in [0.29, 0.717) is 0 Å². The first kappa shape index (κ1) is 17.5. The number of hydrogen-bond acceptors (Lipinski definition) is 3. The van der Waals surface area contributed by atoms with Crippen molar-refractivity contribution in [3.8, 4) is 0 Å². The molecule has 0 radical (unpaired) electrons. The molecule has 1 fully saturated rings. The molecule has 1 saturated heterocycles. The number of hydrogen-bond donors (Lipinski definition) is 1. The van der Waals surface area contributed by atoms with Crippen LogP contribution >= 0.6 is 0 Å². The smallest absolute Gasteiger partial charge is 0.325 e. The number of aliphatic carboxylic acids is 1. The minimum Gasteiger partial charge on any atom is -0.480 e. The van der Waals surface area contributed by atoms with Crippen LogP contribution in [-0.2, 0) is 4.79 Å². The van der Waals surface area contributed by atoms with Gasteiger partial charge in [0.25, 0.3) is 0 Å². The van der Waals surface area contributed by atoms with Crippen molar-refractivity contribution in [1.29, 1.82) is 0 Å². The van der Waals surface area contributed by atoms with Gasteiger partial charge in [-0.25, -0.2) is 0 Å². The Balaban J connectivity index is 1.73. The first-order valence-corrected chi connectivity index (χ1v) is 8.81. The molecule has 0 aliphatic carbocycles. The van der Waals surface area contributed by atoms with Gasteiger partial charge in [0, 0.05) is 31.9 Å². The van der Waals surface area contributed by atoms with Crippen molar-refractivity contribution < 1.29 is 9.90 Å². The van der Waals surface area contributed by atoms with Crippen molar-refractivity contribution in [3.05, 3.63) is 64.7 Å². The Morgan fingerprint density at radius 1 is 0.960 bits per heavy atom. The maximum atomic E-state index is 11.9. The number of anilines is 1. The van der Waals surface area contributed by atoms with Crippen molar-refractivity contribution >= 4 is 11.7 Å². The zero-order valence-electron chi connectivity index (χ0n) is 15.2. The second-order valence-electron chi connectivity index (χ2n) is 6.95. The molecule has 1 aliphatic rings. The first-order chi connectivity index (χ1) is 12.0. The molecule has 0 saturated carbocycles. The van der Waals surface area contributed by atoms with E-state index in [1.807, 2.05) is 31.2 Å². The molecule has 2 aromatic carbocycles. The minimum atomic E-state index is -0.773. The molecule has 0 amide bonds. The summed E-state index contributed by atoms with van der Waals surface area (Å²) in [5.74, 6) is -0.773. The van der Waals surface area contributed by atoms with Gasteiger partial charge >= 0.3 is 5.97 Å². The molecule has 0 spiro atoms. The van der Waals surface area contributed by atoms with Crippen molar-refractivity contribution in [2.75, 3.05) is 31.1 Å². The average molecular weight is 338 g/mol. The Bertz CT molecular complexity index is 764. The summed E-state index contributed by atoms with van der Waals surface area (Å²) in [7, 11) is 0. The van der Waals surface area contributed by atoms with Gasteiger partial charge < -0.3 is 10.0 Å². The number of carboxylic acid groups (broad SMARTS) is 1. The summed E-state index contributed by atoms with van der Waals surface area (Å²) in [4.78, 5) is 16.3. The van der Waals surface area contributed by atoms with Crippen LogP contribution < -0.4 is 4.90 Å². The highest BCUT2D eigenvalue weighted by Crippen LogP contribution is 2.26. The van der Waals surface area contributed by atoms with Crippen LogP contribution in [0.15, 0.2) is 42.5 Å². The zero-order chi connectivity index (χ0) is 18.0. The summed E-state index contributed by atoms with van der Waals surface area (Å²) >= 11 is 0. The van der Waals surface area contributed by atoms with Gasteiger partial charge in [0.15, 0.2) is 0 Å². The maximum absolute atomic E-state index is 11.9. The van der Waals surface area contributed by atoms with Crippen LogP contribution in [0.5, 0.6) is 0 Å². The summed E-state index contributed by atoms with van der Waals surface area (Å²) in [6.07, 6.45) is 0. The summed E-state index contributed by atoms with van der Waals surface area (Å²) in [6, 6.07) is 13.8. The molecule has 4 nitrogen and oxygen atoms in total. The number of benzene rings is 2. The molecule has 132 valence electrons. The van der Waals surface area contributed by atoms with Crippen LogP contribution in [-0.4, -0.2) is 42.2 Å². The molecule has 25 heavy (non-hydrogen) atoms. The molecule has 0 aromatic heterocycles. The molecule has 4 heteroatoms. The fraction of sp³-hybridized carbons (Fsp3) is 0.381. The predicted molar refractivity (Wildman–Crippen MR) is 101 cm³/mol. The van der Waals surface area contributed by atoms with E-state index >= 15 is 0 Å². The number of carbonyl (C=O) groups is 1. The third-order valence-corrected chi connectivity index (χ3v) is 5.13. The van der Waals surface area contributed by atoms with Crippen molar-refractivity contribution in [2.24, 2.45) is 0 Å². The van der Waals surface area contributed by atoms with Crippen molar-refractivity contribution in [3.63, 3.8) is 0 Å². The van der Waals surface area contributed by atoms with Crippen LogP contribution in [0, 0.1) is 20.8 Å². The lowest BCUT2D eigenvalue weighted by atomic mass is 10.0. The third-order valence-electron chi connectivity index (χ3n) is 5.13. The van der Waals surface area contributed by atoms with Gasteiger partial charge in [-0.05, 0) is 49.6 Å². The van der Waals surface area contributed by atoms with E-state index in [-0.39, 0.29) is 0 Å². The van der Waals surface area contributed by atoms with E-state index in [2.05, 4.69) is 41.8 Å². The number of piperazine rings is 1. The molecule has 1 atom stereocenters. The van der Waals surface area contributed by atoms with Gasteiger partial charge in [-0.15, -0.1) is 0 Å². The van der Waals surface area contributed by atoms with Gasteiger partial charge in [0.05, 0.1) is 0 Å². The van der Waals surface area contributed by atoms with Crippen molar-refractivity contribution in [1.82, 2.24) is 4.90 Å². The average Bonchev–Trinajstić information content (AvgIpc) is 2.58. The van der Waals surface area contributed by atoms with Crippen LogP contribution in [0.4, 0.5) is 5.69 Å². The molecule has 1 aliphatic heterocycles. The minimum absolute atomic E-state index is 0.568. The van der Waals surface area contributed by atoms with Crippen LogP contribution in [0.1, 0.15) is 28.3 Å². The molecule has 0 bridgehead atoms. The summed E-state index contributed by atoms with van der Waals surface area (Å²) in [5, 5.41) is 9.76. The number of aryl methyl sites for hydroxylation is 3. The topological polar surface area (TPSA) is 43.8 Å². The normalized spacial score (nSPS) is 16.7. The Labute approximate surface area is 149 Å². The molecular formula is C21H26N2O2. The lowest BCUT2D eigenvalue weighted by molar-refractivity contribution is -0.143. The van der Waals surface area contributed by atoms with Crippen LogP contribution in [0.25, 0.3) is 0 Å². The summed E-state index contributed by atoms with van der Waals surface area (Å²) in [6.45, 7) is 9.44. The molecular weight excluding hydrogens is 312 g/mol. The fourth-order valence-electron chi connectivity index (χ4n) is 3.51. The van der Waals surface area contributed by atoms with E-state index in [1.165, 1.54) is 16.8 Å². The van der Waals surface area contributed by atoms with E-state index in [1.54, 1.807) is 0 Å². The Hall–Kier alpha value is -2.33. The van der Waals surface area contributed by atoms with Gasteiger partial charge in [0.1, 0.15) is 6.04 Å². The predicted octanol–water partition coefficient (Wildman–Crippen LogP) is 3.56. The van der Waals surface area contributed by atoms with Crippen LogP contribution in [0.2, 0.25) is 0 Å². The fourth-order valence-corrected chi connectivity index (χ4v) is 3.51. The van der Waals surface area contributed by atoms with Crippen LogP contribution in [0.3, 0.4) is 0 Å². The monoisotopic (exact) mass is 338 g/mol. The Morgan fingerprint density at radius 2 is 1.68 bits per heavy atom. The molecule has 2 aromatic rings. The second-order valence-corrected chi connectivity index (χ2v) is 6.95. The van der Waals surface area contributed by atoms with Gasteiger partial charge in [0.2, 0.25) is 0 Å². The van der Waals surface area contributed by atoms with E-state index in [0.717, 1.165) is 37.3 Å². The molecule has 3 rings (SSSR count). The molecule has 1 heterocycles. The Kier molecular flexibility index (Phi) is 5.09. The summed E-state index contributed by atoms with van der Waals surface area (Å²) in [5.41, 5.74) is 5.78. The Morgan fingerprint density at radius 3 is 2.28 bits per heavy atom. The zero-order valence-corrected chi connectivity index (χ0v) is 15.2. The number of carboxylic acids is 1. The first-order valence-electron chi connectivity index (χ1n) is 8.81. The molecule has 1 N–H and O–H groups in total. The standard InChI is InChI=1S/C21H26N2O2/c1-15-5-4-6-18(13-15)20(21(24)25)23-11-9-22(10-12-23)19-8-7-16(2)17(3)14-19/h4-8,13-14,20H,9-12H2,1-3H3,(H,24,25). The van der Waals surface area contributed by atoms with E-state index in [4.69, 9.17) is 0 Å². The summed E-state index contributed by atoms with van der Waals surface area (Å²) < 4.78 is 0. The van der Waals surface area contributed by atoms with Gasteiger partial charge in [-0.1, -0.05) is 35.9 Å². The highest BCUT2D eigenvalue weighted by molar-refractivity contribution is 5.75. The SMILES string of the molecule is Cc1cccc(C(C(=O)O)N2CCN(c3ccc(C)c(C)c3)CC2)c1. The van der Waals surface area contributed by atoms with Gasteiger partial charge in [-0.3, -0.25) is 9.69 Å². The maximum Gasteiger partial charge on any atom is 0.325 e. The number of nitrogens with zero attached hydrogens (tertiary/aromatic N) is 2.